The van der Waals surface area contributed by atoms with Gasteiger partial charge in [0.15, 0.2) is 0 Å². The van der Waals surface area contributed by atoms with E-state index in [-0.39, 0.29) is 6.10 Å². The van der Waals surface area contributed by atoms with E-state index in [1.165, 1.54) is 57.1 Å². The van der Waals surface area contributed by atoms with Crippen LogP contribution in [-0.4, -0.2) is 22.7 Å². The van der Waals surface area contributed by atoms with Crippen molar-refractivity contribution in [2.75, 3.05) is 11.5 Å². The summed E-state index contributed by atoms with van der Waals surface area (Å²) in [6.45, 7) is 6.73. The molecule has 0 aliphatic heterocycles. The minimum absolute atomic E-state index is 0.0751. The van der Waals surface area contributed by atoms with E-state index < -0.39 is 0 Å². The van der Waals surface area contributed by atoms with Gasteiger partial charge in [-0.1, -0.05) is 72.1 Å². The van der Waals surface area contributed by atoms with E-state index in [1.807, 2.05) is 11.8 Å². The maximum atomic E-state index is 9.81. The van der Waals surface area contributed by atoms with Crippen LogP contribution in [-0.2, 0) is 0 Å². The summed E-state index contributed by atoms with van der Waals surface area (Å²) >= 11 is 1.90. The van der Waals surface area contributed by atoms with Crippen molar-refractivity contribution in [3.8, 4) is 0 Å². The summed E-state index contributed by atoms with van der Waals surface area (Å²) < 4.78 is 0. The zero-order valence-corrected chi connectivity index (χ0v) is 13.6. The van der Waals surface area contributed by atoms with Gasteiger partial charge in [-0.2, -0.15) is 11.8 Å². The Bertz CT molecular complexity index is 159. The van der Waals surface area contributed by atoms with E-state index >= 15 is 0 Å². The highest BCUT2D eigenvalue weighted by atomic mass is 32.2. The molecule has 0 rings (SSSR count). The predicted octanol–water partition coefficient (Wildman–Crippen LogP) is 5.27. The second-order valence-corrected chi connectivity index (χ2v) is 6.92. The van der Waals surface area contributed by atoms with E-state index in [4.69, 9.17) is 0 Å². The van der Waals surface area contributed by atoms with Gasteiger partial charge in [0.25, 0.3) is 0 Å². The predicted molar refractivity (Wildman–Crippen MR) is 85.4 cm³/mol. The number of aliphatic hydroxyl groups is 1. The smallest absolute Gasteiger partial charge is 0.0630 e. The Morgan fingerprint density at radius 2 is 1.39 bits per heavy atom. The van der Waals surface area contributed by atoms with Crippen LogP contribution in [0.3, 0.4) is 0 Å². The molecule has 0 spiro atoms. The Morgan fingerprint density at radius 1 is 0.833 bits per heavy atom. The fourth-order valence-corrected chi connectivity index (χ4v) is 3.08. The molecular formula is C16H34OS. The third-order valence-electron chi connectivity index (χ3n) is 3.15. The van der Waals surface area contributed by atoms with Crippen LogP contribution in [0.2, 0.25) is 0 Å². The van der Waals surface area contributed by atoms with E-state index in [0.29, 0.717) is 0 Å². The van der Waals surface area contributed by atoms with Gasteiger partial charge in [0, 0.05) is 5.75 Å². The van der Waals surface area contributed by atoms with Crippen LogP contribution in [0.1, 0.15) is 78.6 Å². The lowest BCUT2D eigenvalue weighted by molar-refractivity contribution is 0.185. The van der Waals surface area contributed by atoms with E-state index in [2.05, 4.69) is 20.8 Å². The van der Waals surface area contributed by atoms with Gasteiger partial charge in [-0.15, -0.1) is 0 Å². The lowest BCUT2D eigenvalue weighted by atomic mass is 10.1. The molecule has 0 saturated carbocycles. The molecule has 0 heterocycles. The number of thioether (sulfide) groups is 1. The van der Waals surface area contributed by atoms with Gasteiger partial charge in [0.1, 0.15) is 0 Å². The standard InChI is InChI=1S/C16H34OS/c1-4-5-6-7-8-9-10-11-12-16(17)14-18-13-15(2)3/h15-17H,4-14H2,1-3H3. The van der Waals surface area contributed by atoms with Crippen molar-refractivity contribution in [3.05, 3.63) is 0 Å². The maximum absolute atomic E-state index is 9.81. The summed E-state index contributed by atoms with van der Waals surface area (Å²) in [5.74, 6) is 2.84. The molecule has 0 aromatic rings. The molecular weight excluding hydrogens is 240 g/mol. The largest absolute Gasteiger partial charge is 0.392 e. The monoisotopic (exact) mass is 274 g/mol. The van der Waals surface area contributed by atoms with Crippen LogP contribution in [0.4, 0.5) is 0 Å². The van der Waals surface area contributed by atoms with Gasteiger partial charge in [-0.05, 0) is 18.1 Å². The van der Waals surface area contributed by atoms with Crippen molar-refractivity contribution in [2.45, 2.75) is 84.7 Å². The summed E-state index contributed by atoms with van der Waals surface area (Å²) in [7, 11) is 0. The first-order valence-corrected chi connectivity index (χ1v) is 9.08. The highest BCUT2D eigenvalue weighted by Gasteiger charge is 2.04. The Hall–Kier alpha value is 0.310. The Labute approximate surface area is 119 Å². The Morgan fingerprint density at radius 3 is 1.94 bits per heavy atom. The second-order valence-electron chi connectivity index (χ2n) is 5.85. The molecule has 0 radical (unpaired) electrons. The van der Waals surface area contributed by atoms with Crippen molar-refractivity contribution < 1.29 is 5.11 Å². The van der Waals surface area contributed by atoms with Gasteiger partial charge in [-0.3, -0.25) is 0 Å². The maximum Gasteiger partial charge on any atom is 0.0630 e. The molecule has 0 aromatic heterocycles. The number of rotatable bonds is 13. The van der Waals surface area contributed by atoms with Crippen LogP contribution >= 0.6 is 11.8 Å². The van der Waals surface area contributed by atoms with Crippen molar-refractivity contribution in [1.82, 2.24) is 0 Å². The Balaban J connectivity index is 3.12. The third kappa shape index (κ3) is 14.4. The fraction of sp³-hybridized carbons (Fsp3) is 1.00. The molecule has 2 heteroatoms. The molecule has 0 saturated heterocycles. The second kappa shape index (κ2) is 13.7. The lowest BCUT2D eigenvalue weighted by Crippen LogP contribution is -2.10. The molecule has 1 atom stereocenters. The van der Waals surface area contributed by atoms with Crippen LogP contribution < -0.4 is 0 Å². The average molecular weight is 275 g/mol. The number of hydrogen-bond donors (Lipinski definition) is 1. The highest BCUT2D eigenvalue weighted by molar-refractivity contribution is 7.99. The number of aliphatic hydroxyl groups excluding tert-OH is 1. The van der Waals surface area contributed by atoms with Crippen molar-refractivity contribution in [3.63, 3.8) is 0 Å². The summed E-state index contributed by atoms with van der Waals surface area (Å²) in [4.78, 5) is 0. The highest BCUT2D eigenvalue weighted by Crippen LogP contribution is 2.14. The van der Waals surface area contributed by atoms with Gasteiger partial charge >= 0.3 is 0 Å². The molecule has 18 heavy (non-hydrogen) atoms. The lowest BCUT2D eigenvalue weighted by Gasteiger charge is -2.11. The SMILES string of the molecule is CCCCCCCCCCC(O)CSCC(C)C. The van der Waals surface area contributed by atoms with Gasteiger partial charge in [0.05, 0.1) is 6.10 Å². The third-order valence-corrected chi connectivity index (χ3v) is 4.68. The van der Waals surface area contributed by atoms with Crippen LogP contribution in [0.15, 0.2) is 0 Å². The van der Waals surface area contributed by atoms with Gasteiger partial charge in [-0.25, -0.2) is 0 Å². The average Bonchev–Trinajstić information content (AvgIpc) is 2.32. The van der Waals surface area contributed by atoms with Crippen molar-refractivity contribution in [1.29, 1.82) is 0 Å². The minimum Gasteiger partial charge on any atom is -0.392 e. The fourth-order valence-electron chi connectivity index (χ4n) is 2.04. The van der Waals surface area contributed by atoms with Crippen molar-refractivity contribution in [2.24, 2.45) is 5.92 Å². The molecule has 110 valence electrons. The van der Waals surface area contributed by atoms with E-state index in [9.17, 15) is 5.11 Å². The van der Waals surface area contributed by atoms with Crippen LogP contribution in [0, 0.1) is 5.92 Å². The molecule has 1 N–H and O–H groups in total. The summed E-state index contributed by atoms with van der Waals surface area (Å²) in [5, 5.41) is 9.81. The molecule has 1 nitrogen and oxygen atoms in total. The number of hydrogen-bond acceptors (Lipinski definition) is 2. The molecule has 0 aliphatic rings. The first kappa shape index (κ1) is 18.3. The summed E-state index contributed by atoms with van der Waals surface area (Å²) in [5.41, 5.74) is 0. The Kier molecular flexibility index (Phi) is 14.0. The number of unbranched alkanes of at least 4 members (excludes halogenated alkanes) is 7. The molecule has 1 unspecified atom stereocenters. The first-order chi connectivity index (χ1) is 8.66. The van der Waals surface area contributed by atoms with Gasteiger partial charge in [0.2, 0.25) is 0 Å². The quantitative estimate of drug-likeness (QED) is 0.462. The summed E-state index contributed by atoms with van der Waals surface area (Å²) in [6.07, 6.45) is 11.7. The summed E-state index contributed by atoms with van der Waals surface area (Å²) in [6, 6.07) is 0. The van der Waals surface area contributed by atoms with Crippen LogP contribution in [0.25, 0.3) is 0 Å². The molecule has 0 aliphatic carbocycles. The zero-order chi connectivity index (χ0) is 13.6. The topological polar surface area (TPSA) is 20.2 Å². The van der Waals surface area contributed by atoms with Crippen LogP contribution in [0.5, 0.6) is 0 Å². The molecule has 0 aromatic carbocycles. The van der Waals surface area contributed by atoms with Crippen molar-refractivity contribution >= 4 is 11.8 Å². The van der Waals surface area contributed by atoms with E-state index in [0.717, 1.165) is 18.1 Å². The zero-order valence-electron chi connectivity index (χ0n) is 12.8. The molecule has 0 bridgehead atoms. The molecule has 0 fully saturated rings. The first-order valence-electron chi connectivity index (χ1n) is 7.92. The van der Waals surface area contributed by atoms with E-state index in [1.54, 1.807) is 0 Å². The minimum atomic E-state index is -0.0751. The molecule has 0 amide bonds. The van der Waals surface area contributed by atoms with Gasteiger partial charge < -0.3 is 5.11 Å². The normalized spacial score (nSPS) is 13.2.